The molecule has 2 aliphatic heterocycles. The molecular weight excluding hydrogens is 364 g/mol. The lowest BCUT2D eigenvalue weighted by Crippen LogP contribution is -2.41. The highest BCUT2D eigenvalue weighted by atomic mass is 16.2. The van der Waals surface area contributed by atoms with Crippen molar-refractivity contribution >= 4 is 5.91 Å². The molecule has 29 heavy (non-hydrogen) atoms. The predicted octanol–water partition coefficient (Wildman–Crippen LogP) is 3.42. The first-order chi connectivity index (χ1) is 13.8. The van der Waals surface area contributed by atoms with E-state index in [0.717, 1.165) is 62.6 Å². The Morgan fingerprint density at radius 3 is 2.59 bits per heavy atom. The monoisotopic (exact) mass is 400 g/mol. The van der Waals surface area contributed by atoms with Gasteiger partial charge in [-0.2, -0.15) is 0 Å². The molecule has 1 saturated carbocycles. The van der Waals surface area contributed by atoms with Crippen molar-refractivity contribution in [3.63, 3.8) is 0 Å². The van der Waals surface area contributed by atoms with Gasteiger partial charge in [-0.05, 0) is 38.0 Å². The molecule has 1 saturated heterocycles. The number of carbonyl (C=O) groups excluding carboxylic acids is 1. The molecule has 2 fully saturated rings. The van der Waals surface area contributed by atoms with E-state index in [2.05, 4.69) is 9.88 Å². The molecule has 0 spiro atoms. The Kier molecular flexibility index (Phi) is 5.83. The Morgan fingerprint density at radius 1 is 1.10 bits per heavy atom. The van der Waals surface area contributed by atoms with Gasteiger partial charge < -0.3 is 9.88 Å². The topological polar surface area (TPSA) is 69.3 Å². The quantitative estimate of drug-likeness (QED) is 0.844. The van der Waals surface area contributed by atoms with Gasteiger partial charge in [-0.3, -0.25) is 14.5 Å². The maximum atomic E-state index is 12.9. The maximum Gasteiger partial charge on any atom is 0.254 e. The van der Waals surface area contributed by atoms with Gasteiger partial charge in [0, 0.05) is 37.2 Å². The molecule has 6 nitrogen and oxygen atoms in total. The van der Waals surface area contributed by atoms with E-state index in [9.17, 15) is 9.59 Å². The number of amides is 1. The van der Waals surface area contributed by atoms with Gasteiger partial charge in [0.05, 0.1) is 11.7 Å². The molecular formula is C23H36N4O2. The molecule has 3 aliphatic rings. The number of rotatable bonds is 3. The van der Waals surface area contributed by atoms with Crippen LogP contribution in [0.25, 0.3) is 0 Å². The van der Waals surface area contributed by atoms with Gasteiger partial charge in [0.1, 0.15) is 5.82 Å². The van der Waals surface area contributed by atoms with Crippen LogP contribution in [0.4, 0.5) is 0 Å². The van der Waals surface area contributed by atoms with Gasteiger partial charge in [0.15, 0.2) is 0 Å². The van der Waals surface area contributed by atoms with E-state index in [4.69, 9.17) is 4.98 Å². The minimum atomic E-state index is -0.423. The molecule has 1 aliphatic carbocycles. The fourth-order valence-electron chi connectivity index (χ4n) is 5.29. The summed E-state index contributed by atoms with van der Waals surface area (Å²) in [6.07, 6.45) is 9.38. The number of hydrogen-bond donors (Lipinski definition) is 1. The SMILES string of the molecule is CC(C)(C)C(=O)N1CCC[C@H]1c1nc2c(c(=O)[nH]1)CCN(CC1CCCCC1)C2. The van der Waals surface area contributed by atoms with Crippen LogP contribution in [0, 0.1) is 11.3 Å². The van der Waals surface area contributed by atoms with Crippen LogP contribution in [0.3, 0.4) is 0 Å². The minimum Gasteiger partial charge on any atom is -0.332 e. The molecule has 160 valence electrons. The number of hydrogen-bond acceptors (Lipinski definition) is 4. The largest absolute Gasteiger partial charge is 0.332 e. The van der Waals surface area contributed by atoms with Crippen molar-refractivity contribution in [3.05, 3.63) is 27.4 Å². The number of nitrogens with one attached hydrogen (secondary N) is 1. The van der Waals surface area contributed by atoms with E-state index >= 15 is 0 Å². The minimum absolute atomic E-state index is 0.00243. The molecule has 0 aromatic carbocycles. The van der Waals surface area contributed by atoms with Gasteiger partial charge in [-0.25, -0.2) is 4.98 Å². The summed E-state index contributed by atoms with van der Waals surface area (Å²) in [5.74, 6) is 1.61. The van der Waals surface area contributed by atoms with Crippen LogP contribution in [-0.4, -0.2) is 45.3 Å². The van der Waals surface area contributed by atoms with Gasteiger partial charge in [-0.15, -0.1) is 0 Å². The number of nitrogens with zero attached hydrogens (tertiary/aromatic N) is 3. The lowest BCUT2D eigenvalue weighted by Gasteiger charge is -2.33. The number of H-pyrrole nitrogens is 1. The van der Waals surface area contributed by atoms with Crippen molar-refractivity contribution in [2.75, 3.05) is 19.6 Å². The second kappa shape index (κ2) is 8.21. The summed E-state index contributed by atoms with van der Waals surface area (Å²) in [7, 11) is 0. The first-order valence-electron chi connectivity index (χ1n) is 11.5. The summed E-state index contributed by atoms with van der Waals surface area (Å²) in [5, 5.41) is 0. The zero-order valence-electron chi connectivity index (χ0n) is 18.3. The molecule has 4 rings (SSSR count). The van der Waals surface area contributed by atoms with Crippen LogP contribution >= 0.6 is 0 Å². The molecule has 1 atom stereocenters. The van der Waals surface area contributed by atoms with Gasteiger partial charge in [-0.1, -0.05) is 40.0 Å². The summed E-state index contributed by atoms with van der Waals surface area (Å²) in [4.78, 5) is 38.1. The third kappa shape index (κ3) is 4.42. The average molecular weight is 401 g/mol. The Labute approximate surface area is 174 Å². The van der Waals surface area contributed by atoms with E-state index in [1.807, 2.05) is 25.7 Å². The Bertz CT molecular complexity index is 804. The fraction of sp³-hybridized carbons (Fsp3) is 0.783. The second-order valence-corrected chi connectivity index (χ2v) is 10.3. The second-order valence-electron chi connectivity index (χ2n) is 10.3. The van der Waals surface area contributed by atoms with Gasteiger partial charge >= 0.3 is 0 Å². The standard InChI is InChI=1S/C23H36N4O2/c1-23(2,3)22(29)27-12-7-10-19(27)20-24-18-15-26(13-11-17(18)21(28)25-20)14-16-8-5-4-6-9-16/h16,19H,4-15H2,1-3H3,(H,24,25,28)/t19-/m0/s1. The molecule has 1 N–H and O–H groups in total. The number of fused-ring (bicyclic) bond motifs is 1. The number of aromatic amines is 1. The first kappa shape index (κ1) is 20.6. The summed E-state index contributed by atoms with van der Waals surface area (Å²) >= 11 is 0. The smallest absolute Gasteiger partial charge is 0.254 e. The lowest BCUT2D eigenvalue weighted by atomic mass is 9.88. The van der Waals surface area contributed by atoms with Crippen LogP contribution < -0.4 is 5.56 Å². The van der Waals surface area contributed by atoms with Crippen LogP contribution in [0.1, 0.15) is 88.8 Å². The van der Waals surface area contributed by atoms with E-state index in [1.165, 1.54) is 32.1 Å². The van der Waals surface area contributed by atoms with Crippen LogP contribution in [0.5, 0.6) is 0 Å². The highest BCUT2D eigenvalue weighted by Crippen LogP contribution is 2.34. The summed E-state index contributed by atoms with van der Waals surface area (Å²) in [6, 6.07) is -0.103. The highest BCUT2D eigenvalue weighted by Gasteiger charge is 2.37. The summed E-state index contributed by atoms with van der Waals surface area (Å²) in [6.45, 7) is 9.45. The van der Waals surface area contributed by atoms with Crippen molar-refractivity contribution in [2.24, 2.45) is 11.3 Å². The average Bonchev–Trinajstić information content (AvgIpc) is 3.17. The summed E-state index contributed by atoms with van der Waals surface area (Å²) in [5.41, 5.74) is 1.35. The number of aromatic nitrogens is 2. The highest BCUT2D eigenvalue weighted by molar-refractivity contribution is 5.82. The Hall–Kier alpha value is -1.69. The first-order valence-corrected chi connectivity index (χ1v) is 11.5. The molecule has 3 heterocycles. The molecule has 1 amide bonds. The van der Waals surface area contributed by atoms with Gasteiger partial charge in [0.25, 0.3) is 5.56 Å². The molecule has 0 radical (unpaired) electrons. The molecule has 6 heteroatoms. The summed E-state index contributed by atoms with van der Waals surface area (Å²) < 4.78 is 0. The van der Waals surface area contributed by atoms with Crippen LogP contribution in [-0.2, 0) is 17.8 Å². The number of likely N-dealkylation sites (tertiary alicyclic amines) is 1. The van der Waals surface area contributed by atoms with E-state index in [1.54, 1.807) is 0 Å². The fourth-order valence-corrected chi connectivity index (χ4v) is 5.29. The van der Waals surface area contributed by atoms with Crippen molar-refractivity contribution in [1.82, 2.24) is 19.8 Å². The molecule has 1 aromatic heterocycles. The normalized spacial score (nSPS) is 24.0. The molecule has 1 aromatic rings. The van der Waals surface area contributed by atoms with E-state index < -0.39 is 5.41 Å². The van der Waals surface area contributed by atoms with E-state index in [-0.39, 0.29) is 17.5 Å². The Morgan fingerprint density at radius 2 is 1.86 bits per heavy atom. The third-order valence-electron chi connectivity index (χ3n) is 6.88. The molecule has 0 bridgehead atoms. The number of carbonyl (C=O) groups is 1. The van der Waals surface area contributed by atoms with E-state index in [0.29, 0.717) is 5.82 Å². The zero-order valence-corrected chi connectivity index (χ0v) is 18.3. The van der Waals surface area contributed by atoms with Gasteiger partial charge in [0.2, 0.25) is 5.91 Å². The Balaban J connectivity index is 1.53. The maximum absolute atomic E-state index is 12.9. The van der Waals surface area contributed by atoms with Crippen LogP contribution in [0.15, 0.2) is 4.79 Å². The zero-order chi connectivity index (χ0) is 20.6. The van der Waals surface area contributed by atoms with Crippen molar-refractivity contribution < 1.29 is 4.79 Å². The third-order valence-corrected chi connectivity index (χ3v) is 6.88. The van der Waals surface area contributed by atoms with Crippen molar-refractivity contribution in [3.8, 4) is 0 Å². The lowest BCUT2D eigenvalue weighted by molar-refractivity contribution is -0.140. The van der Waals surface area contributed by atoms with Crippen molar-refractivity contribution in [2.45, 2.75) is 84.7 Å². The predicted molar refractivity (Wildman–Crippen MR) is 114 cm³/mol. The van der Waals surface area contributed by atoms with Crippen molar-refractivity contribution in [1.29, 1.82) is 0 Å². The van der Waals surface area contributed by atoms with Crippen LogP contribution in [0.2, 0.25) is 0 Å². The molecule has 0 unspecified atom stereocenters.